The second-order valence-electron chi connectivity index (χ2n) is 11.1. The summed E-state index contributed by atoms with van der Waals surface area (Å²) in [6.45, 7) is 0.741. The number of rotatable bonds is 3. The molecule has 0 radical (unpaired) electrons. The first-order valence-electron chi connectivity index (χ1n) is 14.5. The fourth-order valence-corrected chi connectivity index (χ4v) is 7.10. The topological polar surface area (TPSA) is 54.4 Å². The lowest BCUT2D eigenvalue weighted by Crippen LogP contribution is -2.12. The molecule has 4 heterocycles. The molecular weight excluding hydrogens is 530 g/mol. The molecule has 0 saturated carbocycles. The third kappa shape index (κ3) is 3.03. The van der Waals surface area contributed by atoms with Gasteiger partial charge in [0.2, 0.25) is 5.88 Å². The van der Waals surface area contributed by atoms with E-state index >= 15 is 0 Å². The minimum Gasteiger partial charge on any atom is -0.452 e. The van der Waals surface area contributed by atoms with Gasteiger partial charge < -0.3 is 19.1 Å². The number of para-hydroxylation sites is 1. The standard InChI is InChI=1S/C38H23N3O2/c1-2-9-23-22(8-1)24-11-5-12-26-29(18-17-25(23)34(24)26)41(30-14-6-16-33-35(30)28-13-7-20-40-38(28)43-33)31-19-21-39-36-27-10-3-4-15-32(27)42-37(31)36/h1-19,21,40H,20H2. The maximum Gasteiger partial charge on any atom is 0.201 e. The van der Waals surface area contributed by atoms with Crippen LogP contribution < -0.4 is 10.2 Å². The van der Waals surface area contributed by atoms with Crippen molar-refractivity contribution in [2.45, 2.75) is 0 Å². The van der Waals surface area contributed by atoms with E-state index in [9.17, 15) is 0 Å². The van der Waals surface area contributed by atoms with E-state index in [4.69, 9.17) is 13.8 Å². The molecule has 0 unspecified atom stereocenters. The molecule has 10 rings (SSSR count). The monoisotopic (exact) mass is 553 g/mol. The number of benzene rings is 5. The van der Waals surface area contributed by atoms with E-state index in [1.807, 2.05) is 30.5 Å². The Balaban J connectivity index is 1.34. The number of hydrogen-bond acceptors (Lipinski definition) is 5. The largest absolute Gasteiger partial charge is 0.452 e. The normalized spacial score (nSPS) is 13.1. The fraction of sp³-hybridized carbons (Fsp3) is 0.0263. The van der Waals surface area contributed by atoms with Crippen molar-refractivity contribution >= 4 is 72.8 Å². The van der Waals surface area contributed by atoms with E-state index < -0.39 is 0 Å². The molecule has 0 amide bonds. The van der Waals surface area contributed by atoms with E-state index in [2.05, 4.69) is 101 Å². The maximum atomic E-state index is 6.58. The fourth-order valence-electron chi connectivity index (χ4n) is 7.10. The molecule has 5 nitrogen and oxygen atoms in total. The van der Waals surface area contributed by atoms with Crippen LogP contribution in [0.2, 0.25) is 0 Å². The SMILES string of the molecule is C1=Cc2c(oc3cccc(N(c4ccc5c6c(cccc46)-c4ccccc4-5)c4ccnc5c4oc4ccccc45)c23)NC1. The highest BCUT2D eigenvalue weighted by molar-refractivity contribution is 6.21. The van der Waals surface area contributed by atoms with Gasteiger partial charge in [0.1, 0.15) is 16.7 Å². The molecule has 5 aromatic carbocycles. The Labute approximate surface area is 246 Å². The first kappa shape index (κ1) is 22.8. The predicted octanol–water partition coefficient (Wildman–Crippen LogP) is 10.4. The van der Waals surface area contributed by atoms with Crippen LogP contribution in [0.4, 0.5) is 22.9 Å². The Kier molecular flexibility index (Phi) is 4.44. The van der Waals surface area contributed by atoms with Crippen LogP contribution in [0.1, 0.15) is 5.56 Å². The van der Waals surface area contributed by atoms with E-state index in [0.29, 0.717) is 0 Å². The number of nitrogens with zero attached hydrogens (tertiary/aromatic N) is 2. The quantitative estimate of drug-likeness (QED) is 0.236. The van der Waals surface area contributed by atoms with Crippen molar-refractivity contribution in [2.75, 3.05) is 16.8 Å². The molecule has 2 aliphatic rings. The zero-order valence-corrected chi connectivity index (χ0v) is 23.0. The van der Waals surface area contributed by atoms with Gasteiger partial charge in [-0.25, -0.2) is 0 Å². The molecule has 0 spiro atoms. The van der Waals surface area contributed by atoms with Crippen molar-refractivity contribution in [2.24, 2.45) is 0 Å². The van der Waals surface area contributed by atoms with Crippen molar-refractivity contribution < 1.29 is 8.83 Å². The summed E-state index contributed by atoms with van der Waals surface area (Å²) >= 11 is 0. The Morgan fingerprint density at radius 3 is 2.30 bits per heavy atom. The molecule has 8 aromatic rings. The van der Waals surface area contributed by atoms with Gasteiger partial charge in [0.15, 0.2) is 5.58 Å². The number of nitrogens with one attached hydrogen (secondary N) is 1. The van der Waals surface area contributed by atoms with E-state index in [1.165, 1.54) is 33.0 Å². The van der Waals surface area contributed by atoms with Gasteiger partial charge in [-0.05, 0) is 64.0 Å². The third-order valence-corrected chi connectivity index (χ3v) is 8.88. The molecule has 0 bridgehead atoms. The lowest BCUT2D eigenvalue weighted by atomic mass is 9.99. The average Bonchev–Trinajstić information content (AvgIpc) is 3.74. The summed E-state index contributed by atoms with van der Waals surface area (Å²) in [6.07, 6.45) is 6.18. The van der Waals surface area contributed by atoms with Gasteiger partial charge in [0.25, 0.3) is 0 Å². The lowest BCUT2D eigenvalue weighted by molar-refractivity contribution is 0.628. The summed E-state index contributed by atoms with van der Waals surface area (Å²) in [5.74, 6) is 0.796. The van der Waals surface area contributed by atoms with Gasteiger partial charge in [-0.1, -0.05) is 78.9 Å². The van der Waals surface area contributed by atoms with Crippen LogP contribution in [0.15, 0.2) is 124 Å². The van der Waals surface area contributed by atoms with Gasteiger partial charge in [-0.3, -0.25) is 4.98 Å². The molecule has 1 N–H and O–H groups in total. The minimum absolute atomic E-state index is 0.741. The van der Waals surface area contributed by atoms with E-state index in [1.54, 1.807) is 0 Å². The highest BCUT2D eigenvalue weighted by Crippen LogP contribution is 2.53. The summed E-state index contributed by atoms with van der Waals surface area (Å²) in [7, 11) is 0. The van der Waals surface area contributed by atoms with Crippen LogP contribution in [0, 0.1) is 0 Å². The Bertz CT molecular complexity index is 2450. The molecule has 202 valence electrons. The first-order chi connectivity index (χ1) is 21.3. The summed E-state index contributed by atoms with van der Waals surface area (Å²) in [5, 5.41) is 7.90. The van der Waals surface area contributed by atoms with Crippen LogP contribution >= 0.6 is 0 Å². The predicted molar refractivity (Wildman–Crippen MR) is 175 cm³/mol. The van der Waals surface area contributed by atoms with E-state index in [0.717, 1.165) is 68.1 Å². The van der Waals surface area contributed by atoms with Crippen molar-refractivity contribution in [3.05, 3.63) is 121 Å². The summed E-state index contributed by atoms with van der Waals surface area (Å²) in [4.78, 5) is 7.12. The van der Waals surface area contributed by atoms with Gasteiger partial charge in [-0.15, -0.1) is 0 Å². The van der Waals surface area contributed by atoms with Gasteiger partial charge in [0, 0.05) is 29.1 Å². The van der Waals surface area contributed by atoms with E-state index in [-0.39, 0.29) is 0 Å². The zero-order valence-electron chi connectivity index (χ0n) is 23.0. The van der Waals surface area contributed by atoms with Crippen molar-refractivity contribution in [1.82, 2.24) is 4.98 Å². The Morgan fingerprint density at radius 2 is 1.37 bits per heavy atom. The smallest absolute Gasteiger partial charge is 0.201 e. The molecule has 0 saturated heterocycles. The van der Waals surface area contributed by atoms with Gasteiger partial charge >= 0.3 is 0 Å². The average molecular weight is 554 g/mol. The number of hydrogen-bond donors (Lipinski definition) is 1. The van der Waals surface area contributed by atoms with Gasteiger partial charge in [-0.2, -0.15) is 0 Å². The van der Waals surface area contributed by atoms with Crippen LogP contribution in [0.3, 0.4) is 0 Å². The number of pyridine rings is 1. The molecule has 43 heavy (non-hydrogen) atoms. The number of furan rings is 2. The minimum atomic E-state index is 0.741. The third-order valence-electron chi connectivity index (χ3n) is 8.88. The molecular formula is C38H23N3O2. The second-order valence-corrected chi connectivity index (χ2v) is 11.1. The van der Waals surface area contributed by atoms with Crippen molar-refractivity contribution in [3.63, 3.8) is 0 Å². The highest BCUT2D eigenvalue weighted by Gasteiger charge is 2.29. The van der Waals surface area contributed by atoms with Crippen LogP contribution in [-0.2, 0) is 0 Å². The molecule has 1 aliphatic heterocycles. The van der Waals surface area contributed by atoms with Crippen molar-refractivity contribution in [3.8, 4) is 22.3 Å². The second kappa shape index (κ2) is 8.37. The van der Waals surface area contributed by atoms with Gasteiger partial charge in [0.05, 0.1) is 22.4 Å². The highest BCUT2D eigenvalue weighted by atomic mass is 16.4. The maximum absolute atomic E-state index is 6.58. The van der Waals surface area contributed by atoms with Crippen molar-refractivity contribution in [1.29, 1.82) is 0 Å². The summed E-state index contributed by atoms with van der Waals surface area (Å²) < 4.78 is 12.9. The molecule has 3 aromatic heterocycles. The summed E-state index contributed by atoms with van der Waals surface area (Å²) in [6, 6.07) is 36.3. The molecule has 5 heteroatoms. The molecule has 1 aliphatic carbocycles. The number of aromatic nitrogens is 1. The summed E-state index contributed by atoms with van der Waals surface area (Å²) in [5.41, 5.74) is 12.4. The van der Waals surface area contributed by atoms with Crippen LogP contribution in [-0.4, -0.2) is 11.5 Å². The van der Waals surface area contributed by atoms with Crippen LogP contribution in [0.25, 0.3) is 72.1 Å². The number of anilines is 4. The van der Waals surface area contributed by atoms with Crippen LogP contribution in [0.5, 0.6) is 0 Å². The molecule has 0 fully saturated rings. The Hall–Kier alpha value is -5.81. The lowest BCUT2D eigenvalue weighted by Gasteiger charge is -2.28. The Morgan fingerprint density at radius 1 is 0.605 bits per heavy atom. The molecule has 0 atom stereocenters. The first-order valence-corrected chi connectivity index (χ1v) is 14.5. The zero-order chi connectivity index (χ0) is 28.1. The number of fused-ring (bicyclic) bond motifs is 9.